The molecule has 3 aromatic heterocycles. The number of carbonyl (C=O) groups excluding carboxylic acids is 1. The Morgan fingerprint density at radius 3 is 2.68 bits per heavy atom. The van der Waals surface area contributed by atoms with Gasteiger partial charge in [-0.25, -0.2) is 4.98 Å². The second kappa shape index (κ2) is 7.08. The van der Waals surface area contributed by atoms with Crippen molar-refractivity contribution in [2.75, 3.05) is 5.32 Å². The molecule has 0 aliphatic rings. The summed E-state index contributed by atoms with van der Waals surface area (Å²) in [6.07, 6.45) is 0.0667. The van der Waals surface area contributed by atoms with Crippen molar-refractivity contribution in [2.24, 2.45) is 0 Å². The highest BCUT2D eigenvalue weighted by Crippen LogP contribution is 2.28. The number of aromatic nitrogens is 2. The zero-order chi connectivity index (χ0) is 19.7. The van der Waals surface area contributed by atoms with Gasteiger partial charge < -0.3 is 4.42 Å². The number of hydrogen-bond acceptors (Lipinski definition) is 5. The summed E-state index contributed by atoms with van der Waals surface area (Å²) < 4.78 is 43.1. The molecular formula is C19H12F3N3O2S. The lowest BCUT2D eigenvalue weighted by molar-refractivity contribution is -0.141. The average Bonchev–Trinajstić information content (AvgIpc) is 3.28. The van der Waals surface area contributed by atoms with Gasteiger partial charge in [0.25, 0.3) is 5.91 Å². The van der Waals surface area contributed by atoms with E-state index in [-0.39, 0.29) is 5.91 Å². The summed E-state index contributed by atoms with van der Waals surface area (Å²) in [5.74, 6) is -0.345. The first kappa shape index (κ1) is 18.2. The Balaban J connectivity index is 1.45. The molecule has 1 amide bonds. The highest BCUT2D eigenvalue weighted by Gasteiger charge is 2.32. The van der Waals surface area contributed by atoms with E-state index in [1.54, 1.807) is 18.3 Å². The van der Waals surface area contributed by atoms with Gasteiger partial charge >= 0.3 is 6.18 Å². The minimum atomic E-state index is -4.46. The minimum Gasteiger partial charge on any atom is -0.463 e. The lowest BCUT2D eigenvalue weighted by Gasteiger charge is -2.05. The van der Waals surface area contributed by atoms with Crippen LogP contribution in [0.5, 0.6) is 0 Å². The van der Waals surface area contributed by atoms with Crippen LogP contribution in [0.4, 0.5) is 18.3 Å². The van der Waals surface area contributed by atoms with Gasteiger partial charge in [-0.3, -0.25) is 15.1 Å². The van der Waals surface area contributed by atoms with Crippen LogP contribution in [0, 0.1) is 0 Å². The Labute approximate surface area is 160 Å². The van der Waals surface area contributed by atoms with Crippen molar-refractivity contribution in [3.05, 3.63) is 76.8 Å². The van der Waals surface area contributed by atoms with Crippen molar-refractivity contribution in [1.29, 1.82) is 0 Å². The number of carbonyl (C=O) groups is 1. The van der Waals surface area contributed by atoms with Crippen molar-refractivity contribution >= 4 is 33.3 Å². The Bertz CT molecular complexity index is 1130. The number of thiazole rings is 1. The topological polar surface area (TPSA) is 68.0 Å². The van der Waals surface area contributed by atoms with Crippen LogP contribution in [0.2, 0.25) is 0 Å². The third-order valence-electron chi connectivity index (χ3n) is 3.99. The number of benzene rings is 1. The molecule has 0 spiro atoms. The van der Waals surface area contributed by atoms with Crippen LogP contribution in [0.3, 0.4) is 0 Å². The van der Waals surface area contributed by atoms with E-state index in [1.165, 1.54) is 29.9 Å². The first-order valence-corrected chi connectivity index (χ1v) is 8.96. The van der Waals surface area contributed by atoms with Gasteiger partial charge in [-0.2, -0.15) is 13.2 Å². The molecule has 4 rings (SSSR count). The third-order valence-corrected chi connectivity index (χ3v) is 4.91. The standard InChI is InChI=1S/C19H12F3N3O2S/c20-19(21,22)16-6-5-11(8-23-16)7-12-9-24-18(28-12)25-17(26)14-10-27-15-4-2-1-3-13(14)15/h1-6,8-10H,7H2,(H,24,25,26). The lowest BCUT2D eigenvalue weighted by Crippen LogP contribution is -2.10. The summed E-state index contributed by atoms with van der Waals surface area (Å²) in [5.41, 5.74) is 0.706. The Hall–Kier alpha value is -3.20. The van der Waals surface area contributed by atoms with Crippen molar-refractivity contribution in [3.63, 3.8) is 0 Å². The predicted molar refractivity (Wildman–Crippen MR) is 98.3 cm³/mol. The number of halogens is 3. The number of pyridine rings is 1. The van der Waals surface area contributed by atoms with E-state index < -0.39 is 11.9 Å². The van der Waals surface area contributed by atoms with Crippen LogP contribution in [0.1, 0.15) is 26.5 Å². The number of nitrogens with one attached hydrogen (secondary N) is 1. The average molecular weight is 403 g/mol. The maximum atomic E-state index is 12.6. The van der Waals surface area contributed by atoms with Gasteiger partial charge in [-0.15, -0.1) is 11.3 Å². The van der Waals surface area contributed by atoms with Crippen LogP contribution >= 0.6 is 11.3 Å². The summed E-state index contributed by atoms with van der Waals surface area (Å²) in [5, 5.41) is 3.81. The fourth-order valence-corrected chi connectivity index (χ4v) is 3.50. The molecule has 4 aromatic rings. The highest BCUT2D eigenvalue weighted by molar-refractivity contribution is 7.15. The van der Waals surface area contributed by atoms with E-state index >= 15 is 0 Å². The van der Waals surface area contributed by atoms with Crippen molar-refractivity contribution in [2.45, 2.75) is 12.6 Å². The number of amides is 1. The van der Waals surface area contributed by atoms with Crippen molar-refractivity contribution in [1.82, 2.24) is 9.97 Å². The number of anilines is 1. The summed E-state index contributed by atoms with van der Waals surface area (Å²) in [4.78, 5) is 20.9. The third kappa shape index (κ3) is 3.74. The van der Waals surface area contributed by atoms with Crippen molar-refractivity contribution in [3.8, 4) is 0 Å². The Morgan fingerprint density at radius 2 is 1.93 bits per heavy atom. The summed E-state index contributed by atoms with van der Waals surface area (Å²) in [6.45, 7) is 0. The first-order chi connectivity index (χ1) is 13.4. The van der Waals surface area contributed by atoms with Gasteiger partial charge in [0, 0.05) is 29.1 Å². The second-order valence-corrected chi connectivity index (χ2v) is 7.07. The molecule has 1 aromatic carbocycles. The van der Waals surface area contributed by atoms with E-state index in [0.717, 1.165) is 10.9 Å². The van der Waals surface area contributed by atoms with Gasteiger partial charge in [0.1, 0.15) is 17.5 Å². The Morgan fingerprint density at radius 1 is 1.11 bits per heavy atom. The summed E-state index contributed by atoms with van der Waals surface area (Å²) in [7, 11) is 0. The van der Waals surface area contributed by atoms with Crippen LogP contribution in [0.15, 0.2) is 59.5 Å². The highest BCUT2D eigenvalue weighted by atomic mass is 32.1. The maximum absolute atomic E-state index is 12.6. The van der Waals surface area contributed by atoms with E-state index in [9.17, 15) is 18.0 Å². The molecule has 0 saturated carbocycles. The zero-order valence-corrected chi connectivity index (χ0v) is 15.0. The quantitative estimate of drug-likeness (QED) is 0.512. The largest absolute Gasteiger partial charge is 0.463 e. The lowest BCUT2D eigenvalue weighted by atomic mass is 10.2. The molecule has 1 N–H and O–H groups in total. The normalized spacial score (nSPS) is 11.7. The molecule has 142 valence electrons. The van der Waals surface area contributed by atoms with Crippen LogP contribution in [-0.4, -0.2) is 15.9 Å². The number of alkyl halides is 3. The molecule has 0 aliphatic heterocycles. The van der Waals surface area contributed by atoms with Crippen LogP contribution in [-0.2, 0) is 12.6 Å². The van der Waals surface area contributed by atoms with Crippen molar-refractivity contribution < 1.29 is 22.4 Å². The fraction of sp³-hybridized carbons (Fsp3) is 0.105. The fourth-order valence-electron chi connectivity index (χ4n) is 2.66. The monoisotopic (exact) mass is 403 g/mol. The first-order valence-electron chi connectivity index (χ1n) is 8.14. The number of fused-ring (bicyclic) bond motifs is 1. The maximum Gasteiger partial charge on any atom is 0.433 e. The molecule has 0 atom stereocenters. The van der Waals surface area contributed by atoms with Crippen LogP contribution in [0.25, 0.3) is 11.0 Å². The number of furan rings is 1. The molecule has 0 fully saturated rings. The number of hydrogen-bond donors (Lipinski definition) is 1. The van der Waals surface area contributed by atoms with Gasteiger partial charge in [-0.05, 0) is 17.7 Å². The molecule has 0 unspecified atom stereocenters. The summed E-state index contributed by atoms with van der Waals surface area (Å²) in [6, 6.07) is 9.52. The smallest absolute Gasteiger partial charge is 0.433 e. The minimum absolute atomic E-state index is 0.345. The molecule has 0 radical (unpaired) electrons. The molecular weight excluding hydrogens is 391 g/mol. The van der Waals surface area contributed by atoms with Gasteiger partial charge in [0.05, 0.1) is 5.56 Å². The number of nitrogens with zero attached hydrogens (tertiary/aromatic N) is 2. The second-order valence-electron chi connectivity index (χ2n) is 5.96. The van der Waals surface area contributed by atoms with E-state index in [0.29, 0.717) is 33.6 Å². The molecule has 28 heavy (non-hydrogen) atoms. The van der Waals surface area contributed by atoms with E-state index in [1.807, 2.05) is 12.1 Å². The molecule has 0 aliphatic carbocycles. The zero-order valence-electron chi connectivity index (χ0n) is 14.2. The van der Waals surface area contributed by atoms with Crippen LogP contribution < -0.4 is 5.32 Å². The van der Waals surface area contributed by atoms with Gasteiger partial charge in [0.2, 0.25) is 0 Å². The molecule has 9 heteroatoms. The number of para-hydroxylation sites is 1. The number of rotatable bonds is 4. The summed E-state index contributed by atoms with van der Waals surface area (Å²) >= 11 is 1.24. The van der Waals surface area contributed by atoms with Gasteiger partial charge in [-0.1, -0.05) is 24.3 Å². The molecule has 0 saturated heterocycles. The Kier molecular flexibility index (Phi) is 4.60. The molecule has 5 nitrogen and oxygen atoms in total. The molecule has 0 bridgehead atoms. The SMILES string of the molecule is O=C(Nc1ncc(Cc2ccc(C(F)(F)F)nc2)s1)c1coc2ccccc12. The predicted octanol–water partition coefficient (Wildman–Crippen LogP) is 5.15. The van der Waals surface area contributed by atoms with E-state index in [2.05, 4.69) is 15.3 Å². The van der Waals surface area contributed by atoms with Gasteiger partial charge in [0.15, 0.2) is 5.13 Å². The van der Waals surface area contributed by atoms with E-state index in [4.69, 9.17) is 4.42 Å². The molecule has 3 heterocycles.